The fraction of sp³-hybridized carbons (Fsp3) is 0.273. The number of carbonyl (C=O) groups excluding carboxylic acids is 1. The second kappa shape index (κ2) is 4.70. The minimum Gasteiger partial charge on any atom is -0.480 e. The Morgan fingerprint density at radius 3 is 2.13 bits per heavy atom. The normalized spacial score (nSPS) is 12.5. The molecule has 1 aromatic rings. The number of carbonyl (C=O) groups is 2. The van der Waals surface area contributed by atoms with Crippen molar-refractivity contribution in [1.82, 2.24) is 4.90 Å². The summed E-state index contributed by atoms with van der Waals surface area (Å²) in [6.45, 7) is 0. The molecule has 4 nitrogen and oxygen atoms in total. The van der Waals surface area contributed by atoms with Gasteiger partial charge in [-0.25, -0.2) is 0 Å². The second-order valence-corrected chi connectivity index (χ2v) is 3.43. The molecule has 0 heterocycles. The molecule has 0 bridgehead atoms. The fourth-order valence-corrected chi connectivity index (χ4v) is 1.33. The molecule has 1 unspecified atom stereocenters. The summed E-state index contributed by atoms with van der Waals surface area (Å²) >= 11 is 0. The van der Waals surface area contributed by atoms with E-state index in [1.54, 1.807) is 44.4 Å². The molecule has 0 radical (unpaired) electrons. The summed E-state index contributed by atoms with van der Waals surface area (Å²) in [6.07, 6.45) is 0. The summed E-state index contributed by atoms with van der Waals surface area (Å²) < 4.78 is 0. The lowest BCUT2D eigenvalue weighted by Crippen LogP contribution is -2.42. The van der Waals surface area contributed by atoms with Crippen molar-refractivity contribution in [1.29, 1.82) is 0 Å². The van der Waals surface area contributed by atoms with Gasteiger partial charge in [0.2, 0.25) is 0 Å². The highest BCUT2D eigenvalue weighted by atomic mass is 16.4. The quantitative estimate of drug-likeness (QED) is 0.588. The van der Waals surface area contributed by atoms with E-state index in [9.17, 15) is 9.59 Å². The van der Waals surface area contributed by atoms with Crippen LogP contribution in [-0.4, -0.2) is 41.9 Å². The smallest absolute Gasteiger partial charge is 0.329 e. The van der Waals surface area contributed by atoms with Crippen molar-refractivity contribution in [3.8, 4) is 0 Å². The van der Waals surface area contributed by atoms with Gasteiger partial charge in [-0.05, 0) is 14.1 Å². The van der Waals surface area contributed by atoms with Gasteiger partial charge in [-0.15, -0.1) is 0 Å². The number of nitrogens with zero attached hydrogens (tertiary/aromatic N) is 1. The molecule has 80 valence electrons. The van der Waals surface area contributed by atoms with E-state index in [0.29, 0.717) is 5.56 Å². The van der Waals surface area contributed by atoms with Gasteiger partial charge >= 0.3 is 5.97 Å². The Morgan fingerprint density at radius 1 is 1.20 bits per heavy atom. The highest BCUT2D eigenvalue weighted by molar-refractivity contribution is 6.11. The molecular formula is C11H13NO3. The van der Waals surface area contributed by atoms with E-state index in [2.05, 4.69) is 0 Å². The molecule has 0 spiro atoms. The number of aliphatic carboxylic acids is 1. The lowest BCUT2D eigenvalue weighted by molar-refractivity contribution is -0.140. The molecule has 0 aliphatic rings. The van der Waals surface area contributed by atoms with Crippen LogP contribution in [0.5, 0.6) is 0 Å². The predicted molar refractivity (Wildman–Crippen MR) is 55.9 cm³/mol. The van der Waals surface area contributed by atoms with Gasteiger partial charge in [0.05, 0.1) is 0 Å². The molecule has 15 heavy (non-hydrogen) atoms. The van der Waals surface area contributed by atoms with Gasteiger partial charge in [-0.1, -0.05) is 30.3 Å². The SMILES string of the molecule is CN(C)C(C(=O)O)C(=O)c1ccccc1. The number of ketones is 1. The van der Waals surface area contributed by atoms with Crippen LogP contribution in [0.1, 0.15) is 10.4 Å². The van der Waals surface area contributed by atoms with Crippen molar-refractivity contribution >= 4 is 11.8 Å². The molecule has 4 heteroatoms. The van der Waals surface area contributed by atoms with Crippen LogP contribution in [0.2, 0.25) is 0 Å². The maximum atomic E-state index is 11.8. The minimum absolute atomic E-state index is 0.395. The lowest BCUT2D eigenvalue weighted by Gasteiger charge is -2.18. The summed E-state index contributed by atoms with van der Waals surface area (Å²) in [4.78, 5) is 24.1. The third-order valence-corrected chi connectivity index (χ3v) is 2.06. The first-order valence-corrected chi connectivity index (χ1v) is 4.52. The summed E-state index contributed by atoms with van der Waals surface area (Å²) in [7, 11) is 3.14. The average Bonchev–Trinajstić information content (AvgIpc) is 2.18. The van der Waals surface area contributed by atoms with Gasteiger partial charge in [0, 0.05) is 5.56 Å². The van der Waals surface area contributed by atoms with E-state index >= 15 is 0 Å². The monoisotopic (exact) mass is 207 g/mol. The molecule has 0 aliphatic carbocycles. The van der Waals surface area contributed by atoms with Crippen molar-refractivity contribution in [2.45, 2.75) is 6.04 Å². The number of carboxylic acids is 1. The number of hydrogen-bond acceptors (Lipinski definition) is 3. The van der Waals surface area contributed by atoms with Gasteiger partial charge in [-0.2, -0.15) is 0 Å². The maximum absolute atomic E-state index is 11.8. The standard InChI is InChI=1S/C11H13NO3/c1-12(2)9(11(14)15)10(13)8-6-4-3-5-7-8/h3-7,9H,1-2H3,(H,14,15). The summed E-state index contributed by atoms with van der Waals surface area (Å²) in [6, 6.07) is 7.31. The Bertz CT molecular complexity index is 359. The first-order valence-electron chi connectivity index (χ1n) is 4.52. The van der Waals surface area contributed by atoms with Crippen LogP contribution in [0.3, 0.4) is 0 Å². The summed E-state index contributed by atoms with van der Waals surface area (Å²) in [5, 5.41) is 8.91. The van der Waals surface area contributed by atoms with E-state index in [-0.39, 0.29) is 0 Å². The number of hydrogen-bond donors (Lipinski definition) is 1. The molecule has 0 saturated heterocycles. The largest absolute Gasteiger partial charge is 0.480 e. The van der Waals surface area contributed by atoms with Crippen molar-refractivity contribution in [2.75, 3.05) is 14.1 Å². The number of carboxylic acid groups (broad SMARTS) is 1. The van der Waals surface area contributed by atoms with Gasteiger partial charge in [-0.3, -0.25) is 14.5 Å². The number of benzene rings is 1. The molecule has 0 aliphatic heterocycles. The van der Waals surface area contributed by atoms with Crippen LogP contribution in [0.25, 0.3) is 0 Å². The molecular weight excluding hydrogens is 194 g/mol. The van der Waals surface area contributed by atoms with Crippen LogP contribution >= 0.6 is 0 Å². The summed E-state index contributed by atoms with van der Waals surface area (Å²) in [5.41, 5.74) is 0.415. The van der Waals surface area contributed by atoms with Crippen molar-refractivity contribution < 1.29 is 14.7 Å². The molecule has 1 aromatic carbocycles. The Kier molecular flexibility index (Phi) is 3.57. The third-order valence-electron chi connectivity index (χ3n) is 2.06. The molecule has 0 aromatic heterocycles. The molecule has 0 fully saturated rings. The Balaban J connectivity index is 2.97. The van der Waals surface area contributed by atoms with Gasteiger partial charge in [0.25, 0.3) is 0 Å². The van der Waals surface area contributed by atoms with Crippen LogP contribution in [0.15, 0.2) is 30.3 Å². The number of Topliss-reactive ketones (excluding diaryl/α,β-unsaturated/α-hetero) is 1. The Hall–Kier alpha value is -1.68. The van der Waals surface area contributed by atoms with E-state index < -0.39 is 17.8 Å². The van der Waals surface area contributed by atoms with Crippen molar-refractivity contribution in [3.63, 3.8) is 0 Å². The Morgan fingerprint density at radius 2 is 1.73 bits per heavy atom. The maximum Gasteiger partial charge on any atom is 0.329 e. The Labute approximate surface area is 88.1 Å². The summed E-state index contributed by atoms with van der Waals surface area (Å²) in [5.74, 6) is -1.53. The van der Waals surface area contributed by atoms with Gasteiger partial charge in [0.15, 0.2) is 11.8 Å². The highest BCUT2D eigenvalue weighted by Gasteiger charge is 2.28. The minimum atomic E-state index is -1.13. The first-order chi connectivity index (χ1) is 7.04. The highest BCUT2D eigenvalue weighted by Crippen LogP contribution is 2.07. The fourth-order valence-electron chi connectivity index (χ4n) is 1.33. The molecule has 0 saturated carbocycles. The average molecular weight is 207 g/mol. The van der Waals surface area contributed by atoms with Crippen LogP contribution < -0.4 is 0 Å². The van der Waals surface area contributed by atoms with Gasteiger partial charge < -0.3 is 5.11 Å². The van der Waals surface area contributed by atoms with Crippen LogP contribution in [-0.2, 0) is 4.79 Å². The lowest BCUT2D eigenvalue weighted by atomic mass is 10.0. The van der Waals surface area contributed by atoms with E-state index in [0.717, 1.165) is 0 Å². The number of likely N-dealkylation sites (N-methyl/N-ethyl adjacent to an activating group) is 1. The van der Waals surface area contributed by atoms with Crippen molar-refractivity contribution in [2.24, 2.45) is 0 Å². The number of rotatable bonds is 4. The van der Waals surface area contributed by atoms with E-state index in [1.165, 1.54) is 4.90 Å². The molecule has 1 rings (SSSR count). The molecule has 1 atom stereocenters. The van der Waals surface area contributed by atoms with Crippen LogP contribution in [0.4, 0.5) is 0 Å². The topological polar surface area (TPSA) is 57.6 Å². The van der Waals surface area contributed by atoms with Crippen LogP contribution in [0, 0.1) is 0 Å². The van der Waals surface area contributed by atoms with E-state index in [4.69, 9.17) is 5.11 Å². The zero-order chi connectivity index (χ0) is 11.4. The third kappa shape index (κ3) is 2.63. The van der Waals surface area contributed by atoms with E-state index in [1.807, 2.05) is 0 Å². The van der Waals surface area contributed by atoms with Gasteiger partial charge in [0.1, 0.15) is 0 Å². The molecule has 0 amide bonds. The zero-order valence-corrected chi connectivity index (χ0v) is 8.68. The predicted octanol–water partition coefficient (Wildman–Crippen LogP) is 0.884. The first kappa shape index (κ1) is 11.4. The van der Waals surface area contributed by atoms with Crippen molar-refractivity contribution in [3.05, 3.63) is 35.9 Å². The zero-order valence-electron chi connectivity index (χ0n) is 8.68. The molecule has 1 N–H and O–H groups in total. The second-order valence-electron chi connectivity index (χ2n) is 3.43.